The molecule has 0 fully saturated rings. The lowest BCUT2D eigenvalue weighted by molar-refractivity contribution is -0.151. The first-order valence-corrected chi connectivity index (χ1v) is 10.6. The zero-order valence-electron chi connectivity index (χ0n) is 19.4. The van der Waals surface area contributed by atoms with Gasteiger partial charge in [0.25, 0.3) is 0 Å². The van der Waals surface area contributed by atoms with Crippen LogP contribution in [0.5, 0.6) is 11.5 Å². The number of esters is 2. The van der Waals surface area contributed by atoms with Gasteiger partial charge in [-0.1, -0.05) is 13.0 Å². The van der Waals surface area contributed by atoms with Crippen molar-refractivity contribution in [1.82, 2.24) is 5.32 Å². The molecule has 0 unspecified atom stereocenters. The molecule has 9 nitrogen and oxygen atoms in total. The molecule has 1 heterocycles. The molecular weight excluding hydrogens is 430 g/mol. The maximum atomic E-state index is 13.6. The van der Waals surface area contributed by atoms with Gasteiger partial charge in [-0.15, -0.1) is 0 Å². The fourth-order valence-electron chi connectivity index (χ4n) is 4.47. The van der Waals surface area contributed by atoms with E-state index >= 15 is 0 Å². The number of phenolic OH excluding ortho intramolecular Hbond substituents is 1. The molecular formula is C24H29NO8. The summed E-state index contributed by atoms with van der Waals surface area (Å²) in [4.78, 5) is 39.2. The van der Waals surface area contributed by atoms with Gasteiger partial charge in [0, 0.05) is 30.0 Å². The first-order chi connectivity index (χ1) is 15.7. The molecule has 0 bridgehead atoms. The molecule has 0 saturated heterocycles. The predicted octanol–water partition coefficient (Wildman–Crippen LogP) is 2.20. The molecule has 3 atom stereocenters. The zero-order chi connectivity index (χ0) is 24.3. The van der Waals surface area contributed by atoms with Gasteiger partial charge in [-0.25, -0.2) is 4.79 Å². The maximum absolute atomic E-state index is 13.6. The Morgan fingerprint density at radius 1 is 1.18 bits per heavy atom. The molecule has 0 radical (unpaired) electrons. The molecule has 178 valence electrons. The summed E-state index contributed by atoms with van der Waals surface area (Å²) in [6.07, 6.45) is 0.419. The number of Topliss-reactive ketones (excluding diaryl/α,β-unsaturated/α-hetero) is 1. The number of hydrogen-bond acceptors (Lipinski definition) is 9. The predicted molar refractivity (Wildman–Crippen MR) is 117 cm³/mol. The Bertz CT molecular complexity index is 1030. The maximum Gasteiger partial charge on any atom is 0.336 e. The highest BCUT2D eigenvalue weighted by Gasteiger charge is 2.47. The number of methoxy groups -OCH3 is 3. The summed E-state index contributed by atoms with van der Waals surface area (Å²) in [6.45, 7) is 3.80. The quantitative estimate of drug-likeness (QED) is 0.359. The van der Waals surface area contributed by atoms with E-state index in [1.807, 2.05) is 6.92 Å². The van der Waals surface area contributed by atoms with Gasteiger partial charge >= 0.3 is 11.9 Å². The third kappa shape index (κ3) is 4.59. The minimum Gasteiger partial charge on any atom is -0.504 e. The van der Waals surface area contributed by atoms with Crippen LogP contribution in [-0.2, 0) is 28.6 Å². The number of ether oxygens (including phenoxy) is 4. The lowest BCUT2D eigenvalue weighted by Gasteiger charge is -2.38. The monoisotopic (exact) mass is 459 g/mol. The van der Waals surface area contributed by atoms with Crippen LogP contribution < -0.4 is 10.1 Å². The van der Waals surface area contributed by atoms with Crippen LogP contribution in [0.2, 0.25) is 0 Å². The van der Waals surface area contributed by atoms with Crippen LogP contribution in [0.15, 0.2) is 40.7 Å². The van der Waals surface area contributed by atoms with E-state index in [2.05, 4.69) is 5.32 Å². The number of allylic oxidation sites excluding steroid dienone is 3. The Hall–Kier alpha value is -3.33. The van der Waals surface area contributed by atoms with E-state index in [-0.39, 0.29) is 41.8 Å². The third-order valence-corrected chi connectivity index (χ3v) is 6.02. The number of rotatable bonds is 7. The molecule has 1 aromatic rings. The molecule has 0 spiro atoms. The summed E-state index contributed by atoms with van der Waals surface area (Å²) < 4.78 is 20.3. The number of hydrogen-bond donors (Lipinski definition) is 2. The summed E-state index contributed by atoms with van der Waals surface area (Å²) in [5.41, 5.74) is 2.18. The lowest BCUT2D eigenvalue weighted by atomic mass is 9.69. The molecule has 0 aromatic heterocycles. The van der Waals surface area contributed by atoms with Crippen LogP contribution in [0.1, 0.15) is 31.7 Å². The smallest absolute Gasteiger partial charge is 0.336 e. The molecule has 1 aromatic carbocycles. The Kier molecular flexibility index (Phi) is 7.43. The van der Waals surface area contributed by atoms with Crippen molar-refractivity contribution in [3.05, 3.63) is 46.3 Å². The van der Waals surface area contributed by atoms with Gasteiger partial charge in [0.2, 0.25) is 0 Å². The Morgan fingerprint density at radius 3 is 2.52 bits per heavy atom. The molecule has 9 heteroatoms. The van der Waals surface area contributed by atoms with Gasteiger partial charge < -0.3 is 29.4 Å². The number of ketones is 1. The van der Waals surface area contributed by atoms with E-state index in [1.165, 1.54) is 27.4 Å². The van der Waals surface area contributed by atoms with Crippen LogP contribution in [0.25, 0.3) is 0 Å². The van der Waals surface area contributed by atoms with Crippen LogP contribution in [0, 0.1) is 11.8 Å². The highest BCUT2D eigenvalue weighted by atomic mass is 16.6. The fourth-order valence-corrected chi connectivity index (χ4v) is 4.47. The number of carbonyl (C=O) groups is 3. The lowest BCUT2D eigenvalue weighted by Crippen LogP contribution is -2.43. The van der Waals surface area contributed by atoms with Crippen molar-refractivity contribution < 1.29 is 38.4 Å². The molecule has 33 heavy (non-hydrogen) atoms. The third-order valence-electron chi connectivity index (χ3n) is 6.02. The number of carbonyl (C=O) groups excluding carboxylic acids is 3. The molecule has 1 aliphatic heterocycles. The highest BCUT2D eigenvalue weighted by Crippen LogP contribution is 2.46. The average Bonchev–Trinajstić information content (AvgIpc) is 2.77. The fraction of sp³-hybridized carbons (Fsp3) is 0.458. The first kappa shape index (κ1) is 24.3. The molecule has 3 rings (SSSR count). The van der Waals surface area contributed by atoms with Gasteiger partial charge in [-0.3, -0.25) is 9.59 Å². The van der Waals surface area contributed by atoms with Crippen LogP contribution >= 0.6 is 0 Å². The van der Waals surface area contributed by atoms with E-state index in [4.69, 9.17) is 18.9 Å². The van der Waals surface area contributed by atoms with Crippen molar-refractivity contribution in [3.8, 4) is 11.5 Å². The normalized spacial score (nSPS) is 22.5. The molecule has 0 saturated carbocycles. The summed E-state index contributed by atoms with van der Waals surface area (Å²) in [6, 6.07) is 4.69. The van der Waals surface area contributed by atoms with E-state index in [0.717, 1.165) is 0 Å². The summed E-state index contributed by atoms with van der Waals surface area (Å²) in [5, 5.41) is 13.6. The number of benzene rings is 1. The summed E-state index contributed by atoms with van der Waals surface area (Å²) in [5.74, 6) is -3.67. The molecule has 1 aliphatic carbocycles. The van der Waals surface area contributed by atoms with Crippen molar-refractivity contribution >= 4 is 17.7 Å². The van der Waals surface area contributed by atoms with E-state index in [9.17, 15) is 19.5 Å². The van der Waals surface area contributed by atoms with Crippen molar-refractivity contribution in [2.24, 2.45) is 11.8 Å². The van der Waals surface area contributed by atoms with Crippen molar-refractivity contribution in [2.75, 3.05) is 34.5 Å². The molecule has 2 aliphatic rings. The Balaban J connectivity index is 2.15. The standard InChI is InChI=1S/C24H29NO8/c1-12-10-15-21(22(27)18(12)23(28)32-5)20(14-6-7-17(31-4)16(26)11-14)19(13(2)25-15)24(29)33-9-8-30-3/h6-7,11-12,18,20,25-26H,8-10H2,1-5H3/t12-,18-,20+/m0/s1. The minimum absolute atomic E-state index is 0.0361. The van der Waals surface area contributed by atoms with E-state index < -0.39 is 29.6 Å². The zero-order valence-corrected chi connectivity index (χ0v) is 19.4. The van der Waals surface area contributed by atoms with Gasteiger partial charge in [-0.2, -0.15) is 0 Å². The Labute approximate surface area is 192 Å². The highest BCUT2D eigenvalue weighted by molar-refractivity contribution is 6.12. The second-order valence-corrected chi connectivity index (χ2v) is 8.10. The second-order valence-electron chi connectivity index (χ2n) is 8.10. The van der Waals surface area contributed by atoms with Crippen molar-refractivity contribution in [1.29, 1.82) is 0 Å². The van der Waals surface area contributed by atoms with Crippen molar-refractivity contribution in [3.63, 3.8) is 0 Å². The SMILES string of the molecule is COCCOC(=O)C1=C(C)NC2=C(C(=O)[C@@H](C(=O)OC)[C@@H](C)C2)[C@@H]1c1ccc(OC)c(O)c1. The Morgan fingerprint density at radius 2 is 1.91 bits per heavy atom. The van der Waals surface area contributed by atoms with Gasteiger partial charge in [0.15, 0.2) is 17.3 Å². The number of dihydropyridines is 1. The molecule has 2 N–H and O–H groups in total. The van der Waals surface area contributed by atoms with E-state index in [0.29, 0.717) is 23.4 Å². The minimum atomic E-state index is -0.992. The average molecular weight is 459 g/mol. The topological polar surface area (TPSA) is 120 Å². The van der Waals surface area contributed by atoms with E-state index in [1.54, 1.807) is 19.1 Å². The number of phenols is 1. The van der Waals surface area contributed by atoms with Gasteiger partial charge in [-0.05, 0) is 37.0 Å². The van der Waals surface area contributed by atoms with Gasteiger partial charge in [0.05, 0.1) is 26.4 Å². The number of aromatic hydroxyl groups is 1. The second kappa shape index (κ2) is 10.1. The number of nitrogens with one attached hydrogen (secondary N) is 1. The largest absolute Gasteiger partial charge is 0.504 e. The summed E-state index contributed by atoms with van der Waals surface area (Å²) >= 11 is 0. The van der Waals surface area contributed by atoms with Crippen LogP contribution in [0.4, 0.5) is 0 Å². The van der Waals surface area contributed by atoms with Crippen LogP contribution in [-0.4, -0.2) is 57.4 Å². The van der Waals surface area contributed by atoms with Gasteiger partial charge in [0.1, 0.15) is 12.5 Å². The molecule has 0 amide bonds. The van der Waals surface area contributed by atoms with Crippen LogP contribution in [0.3, 0.4) is 0 Å². The van der Waals surface area contributed by atoms with Crippen molar-refractivity contribution in [2.45, 2.75) is 26.2 Å². The first-order valence-electron chi connectivity index (χ1n) is 10.6. The summed E-state index contributed by atoms with van der Waals surface area (Å²) in [7, 11) is 4.16.